The molecule has 2 aromatic carbocycles. The Bertz CT molecular complexity index is 673. The van der Waals surface area contributed by atoms with E-state index in [0.29, 0.717) is 31.1 Å². The van der Waals surface area contributed by atoms with E-state index in [4.69, 9.17) is 14.2 Å². The molecule has 2 rings (SSSR count). The van der Waals surface area contributed by atoms with Crippen molar-refractivity contribution in [3.63, 3.8) is 0 Å². The number of amides is 1. The van der Waals surface area contributed by atoms with Crippen LogP contribution in [0.5, 0.6) is 11.5 Å². The Hall–Kier alpha value is -1.80. The van der Waals surface area contributed by atoms with Gasteiger partial charge >= 0.3 is 0 Å². The number of nitrogens with one attached hydrogen (secondary N) is 1. The molecule has 128 valence electrons. The summed E-state index contributed by atoms with van der Waals surface area (Å²) >= 11 is 2.14. The normalized spacial score (nSPS) is 10.3. The lowest BCUT2D eigenvalue weighted by atomic mass is 10.2. The number of rotatable bonds is 8. The number of hydrogen-bond donors (Lipinski definition) is 1. The Morgan fingerprint density at radius 2 is 1.88 bits per heavy atom. The monoisotopic (exact) mass is 441 g/mol. The van der Waals surface area contributed by atoms with Gasteiger partial charge in [-0.2, -0.15) is 0 Å². The van der Waals surface area contributed by atoms with E-state index < -0.39 is 0 Å². The summed E-state index contributed by atoms with van der Waals surface area (Å²) in [6.07, 6.45) is 0. The summed E-state index contributed by atoms with van der Waals surface area (Å²) in [5, 5.41) is 2.86. The van der Waals surface area contributed by atoms with Gasteiger partial charge in [-0.15, -0.1) is 0 Å². The van der Waals surface area contributed by atoms with Crippen molar-refractivity contribution in [1.82, 2.24) is 0 Å². The van der Waals surface area contributed by atoms with Crippen LogP contribution in [0.3, 0.4) is 0 Å². The molecule has 2 aromatic rings. The van der Waals surface area contributed by atoms with Gasteiger partial charge in [0.25, 0.3) is 5.91 Å². The zero-order valence-corrected chi connectivity index (χ0v) is 15.8. The van der Waals surface area contributed by atoms with Crippen LogP contribution < -0.4 is 14.8 Å². The minimum absolute atomic E-state index is 0.166. The van der Waals surface area contributed by atoms with Crippen molar-refractivity contribution in [3.8, 4) is 11.5 Å². The van der Waals surface area contributed by atoms with Gasteiger partial charge in [-0.3, -0.25) is 4.79 Å². The highest BCUT2D eigenvalue weighted by atomic mass is 127. The summed E-state index contributed by atoms with van der Waals surface area (Å²) in [6.45, 7) is 3.69. The quantitative estimate of drug-likeness (QED) is 0.498. The molecule has 0 bridgehead atoms. The van der Waals surface area contributed by atoms with Crippen LogP contribution in [0.15, 0.2) is 42.5 Å². The summed E-state index contributed by atoms with van der Waals surface area (Å²) in [7, 11) is 1.61. The topological polar surface area (TPSA) is 56.8 Å². The molecule has 0 radical (unpaired) electrons. The fraction of sp³-hybridized carbons (Fsp3) is 0.278. The fourth-order valence-corrected chi connectivity index (χ4v) is 2.74. The van der Waals surface area contributed by atoms with Crippen molar-refractivity contribution < 1.29 is 19.0 Å². The van der Waals surface area contributed by atoms with E-state index in [2.05, 4.69) is 27.9 Å². The molecule has 0 saturated carbocycles. The highest BCUT2D eigenvalue weighted by Crippen LogP contribution is 2.22. The van der Waals surface area contributed by atoms with E-state index in [0.717, 1.165) is 15.1 Å². The third-order valence-corrected chi connectivity index (χ3v) is 4.07. The van der Waals surface area contributed by atoms with Gasteiger partial charge in [0.05, 0.1) is 17.3 Å². The summed E-state index contributed by atoms with van der Waals surface area (Å²) in [5.41, 5.74) is 1.29. The summed E-state index contributed by atoms with van der Waals surface area (Å²) in [5.74, 6) is 1.33. The lowest BCUT2D eigenvalue weighted by molar-refractivity contribution is 0.102. The second kappa shape index (κ2) is 9.48. The lowest BCUT2D eigenvalue weighted by Crippen LogP contribution is -2.12. The Labute approximate surface area is 155 Å². The van der Waals surface area contributed by atoms with E-state index >= 15 is 0 Å². The number of anilines is 1. The molecule has 0 aliphatic rings. The third-order valence-electron chi connectivity index (χ3n) is 3.23. The lowest BCUT2D eigenvalue weighted by Gasteiger charge is -2.09. The van der Waals surface area contributed by atoms with Crippen molar-refractivity contribution in [2.45, 2.75) is 6.92 Å². The van der Waals surface area contributed by atoms with Gasteiger partial charge < -0.3 is 19.5 Å². The Kier molecular flexibility index (Phi) is 7.33. The number of benzene rings is 2. The van der Waals surface area contributed by atoms with Gasteiger partial charge in [0.1, 0.15) is 18.1 Å². The van der Waals surface area contributed by atoms with Gasteiger partial charge in [-0.05, 0) is 72.0 Å². The van der Waals surface area contributed by atoms with Crippen LogP contribution in [0.2, 0.25) is 0 Å². The number of carbonyl (C=O) groups excluding carboxylic acids is 1. The molecule has 0 atom stereocenters. The maximum atomic E-state index is 12.3. The predicted molar refractivity (Wildman–Crippen MR) is 102 cm³/mol. The molecule has 0 aliphatic carbocycles. The molecule has 5 nitrogen and oxygen atoms in total. The third kappa shape index (κ3) is 5.38. The van der Waals surface area contributed by atoms with E-state index in [1.54, 1.807) is 25.3 Å². The van der Waals surface area contributed by atoms with Gasteiger partial charge in [0, 0.05) is 17.9 Å². The number of methoxy groups -OCH3 is 1. The Balaban J connectivity index is 1.93. The number of carbonyl (C=O) groups is 1. The molecule has 1 amide bonds. The summed E-state index contributed by atoms with van der Waals surface area (Å²) < 4.78 is 16.8. The summed E-state index contributed by atoms with van der Waals surface area (Å²) in [4.78, 5) is 12.3. The second-order valence-corrected chi connectivity index (χ2v) is 6.04. The standard InChI is InChI=1S/C18H20INO4/c1-3-23-10-11-24-15-7-5-14(6-8-15)20-18(21)13-4-9-17(22-2)16(19)12-13/h4-9,12H,3,10-11H2,1-2H3,(H,20,21). The molecular weight excluding hydrogens is 421 g/mol. The van der Waals surface area contributed by atoms with Crippen molar-refractivity contribution in [2.24, 2.45) is 0 Å². The smallest absolute Gasteiger partial charge is 0.255 e. The molecule has 0 fully saturated rings. The zero-order chi connectivity index (χ0) is 17.4. The van der Waals surface area contributed by atoms with Crippen molar-refractivity contribution in [3.05, 3.63) is 51.6 Å². The average Bonchev–Trinajstić information content (AvgIpc) is 2.60. The fourth-order valence-electron chi connectivity index (χ4n) is 2.01. The molecule has 0 spiro atoms. The number of ether oxygens (including phenoxy) is 3. The van der Waals surface area contributed by atoms with Crippen molar-refractivity contribution in [2.75, 3.05) is 32.2 Å². The average molecular weight is 441 g/mol. The van der Waals surface area contributed by atoms with E-state index in [1.807, 2.05) is 31.2 Å². The zero-order valence-electron chi connectivity index (χ0n) is 13.7. The van der Waals surface area contributed by atoms with Crippen LogP contribution in [0.4, 0.5) is 5.69 Å². The first-order valence-electron chi connectivity index (χ1n) is 7.59. The van der Waals surface area contributed by atoms with Crippen molar-refractivity contribution in [1.29, 1.82) is 0 Å². The molecule has 24 heavy (non-hydrogen) atoms. The molecule has 0 saturated heterocycles. The van der Waals surface area contributed by atoms with Crippen LogP contribution in [0.1, 0.15) is 17.3 Å². The molecule has 1 N–H and O–H groups in total. The first-order chi connectivity index (χ1) is 11.6. The van der Waals surface area contributed by atoms with Gasteiger partial charge in [-0.25, -0.2) is 0 Å². The molecule has 0 heterocycles. The molecule has 0 aromatic heterocycles. The first kappa shape index (κ1) is 18.5. The SMILES string of the molecule is CCOCCOc1ccc(NC(=O)c2ccc(OC)c(I)c2)cc1. The van der Waals surface area contributed by atoms with Crippen LogP contribution in [0.25, 0.3) is 0 Å². The number of hydrogen-bond acceptors (Lipinski definition) is 4. The largest absolute Gasteiger partial charge is 0.496 e. The van der Waals surface area contributed by atoms with Crippen LogP contribution in [-0.4, -0.2) is 32.8 Å². The summed E-state index contributed by atoms with van der Waals surface area (Å²) in [6, 6.07) is 12.6. The Morgan fingerprint density at radius 1 is 1.12 bits per heavy atom. The van der Waals surface area contributed by atoms with Crippen LogP contribution >= 0.6 is 22.6 Å². The van der Waals surface area contributed by atoms with Crippen molar-refractivity contribution >= 4 is 34.2 Å². The van der Waals surface area contributed by atoms with E-state index in [9.17, 15) is 4.79 Å². The minimum atomic E-state index is -0.166. The number of halogens is 1. The van der Waals surface area contributed by atoms with E-state index in [-0.39, 0.29) is 5.91 Å². The minimum Gasteiger partial charge on any atom is -0.496 e. The highest BCUT2D eigenvalue weighted by Gasteiger charge is 2.09. The van der Waals surface area contributed by atoms with Crippen LogP contribution in [0, 0.1) is 3.57 Å². The molecule has 0 aliphatic heterocycles. The van der Waals surface area contributed by atoms with Gasteiger partial charge in [-0.1, -0.05) is 0 Å². The predicted octanol–water partition coefficient (Wildman–Crippen LogP) is 3.97. The van der Waals surface area contributed by atoms with Crippen LogP contribution in [-0.2, 0) is 4.74 Å². The first-order valence-corrected chi connectivity index (χ1v) is 8.67. The maximum Gasteiger partial charge on any atom is 0.255 e. The Morgan fingerprint density at radius 3 is 2.50 bits per heavy atom. The molecular formula is C18H20INO4. The van der Waals surface area contributed by atoms with Gasteiger partial charge in [0.15, 0.2) is 0 Å². The van der Waals surface area contributed by atoms with E-state index in [1.165, 1.54) is 0 Å². The van der Waals surface area contributed by atoms with Gasteiger partial charge in [0.2, 0.25) is 0 Å². The molecule has 0 unspecified atom stereocenters. The second-order valence-electron chi connectivity index (χ2n) is 4.87. The maximum absolute atomic E-state index is 12.3. The highest BCUT2D eigenvalue weighted by molar-refractivity contribution is 14.1. The molecule has 6 heteroatoms.